The number of aryl methyl sites for hydroxylation is 1. The molecule has 1 N–H and O–H groups in total. The third kappa shape index (κ3) is 2.44. The Balaban J connectivity index is 1.39. The standard InChI is InChI=1S/C20H19N3O3/c24-19(21-18-14-8-4-5-9-15(14)22-26-18)20(10-11-20)17-12-16(25-23-17)13-6-2-1-3-7-13/h1-3,6-7,12H,4-5,8-11H2,(H,21,24). The second kappa shape index (κ2) is 5.83. The molecule has 6 heteroatoms. The van der Waals surface area contributed by atoms with Crippen LogP contribution in [0.1, 0.15) is 42.6 Å². The highest BCUT2D eigenvalue weighted by Crippen LogP contribution is 2.49. The summed E-state index contributed by atoms with van der Waals surface area (Å²) in [5, 5.41) is 11.2. The molecule has 3 aromatic rings. The van der Waals surface area contributed by atoms with Gasteiger partial charge in [0.2, 0.25) is 11.8 Å². The highest BCUT2D eigenvalue weighted by atomic mass is 16.5. The van der Waals surface area contributed by atoms with Crippen molar-refractivity contribution in [1.82, 2.24) is 10.3 Å². The number of hydrogen-bond acceptors (Lipinski definition) is 5. The number of carbonyl (C=O) groups is 1. The largest absolute Gasteiger partial charge is 0.356 e. The first-order valence-electron chi connectivity index (χ1n) is 9.08. The van der Waals surface area contributed by atoms with Crippen molar-refractivity contribution in [3.63, 3.8) is 0 Å². The maximum Gasteiger partial charge on any atom is 0.239 e. The summed E-state index contributed by atoms with van der Waals surface area (Å²) in [5.41, 5.74) is 3.04. The second-order valence-electron chi connectivity index (χ2n) is 7.12. The molecule has 1 fully saturated rings. The van der Waals surface area contributed by atoms with E-state index in [1.807, 2.05) is 36.4 Å². The van der Waals surface area contributed by atoms with Crippen molar-refractivity contribution in [2.24, 2.45) is 0 Å². The summed E-state index contributed by atoms with van der Waals surface area (Å²) in [6, 6.07) is 11.6. The van der Waals surface area contributed by atoms with Crippen LogP contribution in [0.2, 0.25) is 0 Å². The van der Waals surface area contributed by atoms with E-state index in [9.17, 15) is 4.79 Å². The minimum absolute atomic E-state index is 0.0880. The summed E-state index contributed by atoms with van der Waals surface area (Å²) in [4.78, 5) is 12.9. The monoisotopic (exact) mass is 349 g/mol. The van der Waals surface area contributed by atoms with Gasteiger partial charge < -0.3 is 9.05 Å². The molecule has 2 aliphatic carbocycles. The molecule has 2 aromatic heterocycles. The van der Waals surface area contributed by atoms with Crippen LogP contribution < -0.4 is 5.32 Å². The number of anilines is 1. The number of benzene rings is 1. The third-order valence-corrected chi connectivity index (χ3v) is 5.43. The summed E-state index contributed by atoms with van der Waals surface area (Å²) >= 11 is 0. The average Bonchev–Trinajstić information content (AvgIpc) is 3.17. The molecule has 0 aliphatic heterocycles. The van der Waals surface area contributed by atoms with Crippen molar-refractivity contribution in [3.8, 4) is 11.3 Å². The predicted molar refractivity (Wildman–Crippen MR) is 94.6 cm³/mol. The summed E-state index contributed by atoms with van der Waals surface area (Å²) in [6.07, 6.45) is 5.57. The van der Waals surface area contributed by atoms with E-state index in [1.165, 1.54) is 0 Å². The molecular formula is C20H19N3O3. The van der Waals surface area contributed by atoms with Crippen LogP contribution in [0.15, 0.2) is 45.4 Å². The van der Waals surface area contributed by atoms with E-state index in [-0.39, 0.29) is 5.91 Å². The Labute approximate surface area is 150 Å². The molecule has 0 radical (unpaired) electrons. The minimum atomic E-state index is -0.620. The number of nitrogens with one attached hydrogen (secondary N) is 1. The zero-order valence-corrected chi connectivity index (χ0v) is 14.3. The van der Waals surface area contributed by atoms with Gasteiger partial charge in [-0.1, -0.05) is 40.6 Å². The van der Waals surface area contributed by atoms with Gasteiger partial charge in [0.05, 0.1) is 16.8 Å². The Hall–Kier alpha value is -2.89. The molecule has 1 aromatic carbocycles. The number of rotatable bonds is 4. The van der Waals surface area contributed by atoms with E-state index in [1.54, 1.807) is 0 Å². The van der Waals surface area contributed by atoms with E-state index < -0.39 is 5.41 Å². The number of hydrogen-bond donors (Lipinski definition) is 1. The Morgan fingerprint density at radius 3 is 2.65 bits per heavy atom. The molecule has 2 aliphatic rings. The van der Waals surface area contributed by atoms with Gasteiger partial charge in [0.25, 0.3) is 0 Å². The number of fused-ring (bicyclic) bond motifs is 1. The van der Waals surface area contributed by atoms with Gasteiger partial charge in [-0.3, -0.25) is 10.1 Å². The summed E-state index contributed by atoms with van der Waals surface area (Å²) in [7, 11) is 0. The molecule has 1 saturated carbocycles. The van der Waals surface area contributed by atoms with Gasteiger partial charge >= 0.3 is 0 Å². The fourth-order valence-electron chi connectivity index (χ4n) is 3.68. The first-order valence-corrected chi connectivity index (χ1v) is 9.08. The van der Waals surface area contributed by atoms with Gasteiger partial charge in [0.15, 0.2) is 5.76 Å². The SMILES string of the molecule is O=C(Nc1onc2c1CCCC2)C1(c2cc(-c3ccccc3)on2)CC1. The quantitative estimate of drug-likeness (QED) is 0.773. The lowest BCUT2D eigenvalue weighted by Gasteiger charge is -2.13. The van der Waals surface area contributed by atoms with Crippen molar-refractivity contribution in [2.75, 3.05) is 5.32 Å². The number of carbonyl (C=O) groups excluding carboxylic acids is 1. The van der Waals surface area contributed by atoms with Crippen molar-refractivity contribution >= 4 is 11.8 Å². The summed E-state index contributed by atoms with van der Waals surface area (Å²) in [5.74, 6) is 1.09. The minimum Gasteiger partial charge on any atom is -0.356 e. The highest BCUT2D eigenvalue weighted by Gasteiger charge is 2.54. The zero-order valence-electron chi connectivity index (χ0n) is 14.3. The van der Waals surface area contributed by atoms with E-state index in [2.05, 4.69) is 15.6 Å². The van der Waals surface area contributed by atoms with E-state index in [0.29, 0.717) is 17.3 Å². The molecule has 0 unspecified atom stereocenters. The Bertz CT molecular complexity index is 954. The van der Waals surface area contributed by atoms with Crippen LogP contribution in [-0.4, -0.2) is 16.2 Å². The summed E-state index contributed by atoms with van der Waals surface area (Å²) in [6.45, 7) is 0. The van der Waals surface area contributed by atoms with Crippen LogP contribution in [0.5, 0.6) is 0 Å². The van der Waals surface area contributed by atoms with Gasteiger partial charge in [0, 0.05) is 17.2 Å². The lowest BCUT2D eigenvalue weighted by atomic mass is 9.97. The average molecular weight is 349 g/mol. The van der Waals surface area contributed by atoms with Crippen LogP contribution in [0.3, 0.4) is 0 Å². The lowest BCUT2D eigenvalue weighted by molar-refractivity contribution is -0.118. The smallest absolute Gasteiger partial charge is 0.239 e. The molecule has 26 heavy (non-hydrogen) atoms. The molecule has 0 saturated heterocycles. The van der Waals surface area contributed by atoms with Gasteiger partial charge in [-0.25, -0.2) is 0 Å². The number of aromatic nitrogens is 2. The van der Waals surface area contributed by atoms with Gasteiger partial charge in [-0.05, 0) is 38.5 Å². The van der Waals surface area contributed by atoms with Crippen molar-refractivity contribution in [3.05, 3.63) is 53.3 Å². The van der Waals surface area contributed by atoms with Gasteiger partial charge in [-0.2, -0.15) is 0 Å². The first kappa shape index (κ1) is 15.4. The number of amides is 1. The molecule has 0 spiro atoms. The molecule has 0 bridgehead atoms. The van der Waals surface area contributed by atoms with Crippen LogP contribution >= 0.6 is 0 Å². The fourth-order valence-corrected chi connectivity index (χ4v) is 3.68. The van der Waals surface area contributed by atoms with E-state index >= 15 is 0 Å². The number of nitrogens with zero attached hydrogens (tertiary/aromatic N) is 2. The molecule has 2 heterocycles. The molecule has 6 nitrogen and oxygen atoms in total. The van der Waals surface area contributed by atoms with E-state index in [4.69, 9.17) is 9.05 Å². The van der Waals surface area contributed by atoms with Crippen LogP contribution in [-0.2, 0) is 23.1 Å². The Morgan fingerprint density at radius 1 is 1.04 bits per heavy atom. The van der Waals surface area contributed by atoms with Crippen LogP contribution in [0.25, 0.3) is 11.3 Å². The third-order valence-electron chi connectivity index (χ3n) is 5.43. The predicted octanol–water partition coefficient (Wildman–Crippen LogP) is 3.88. The maximum atomic E-state index is 12.9. The van der Waals surface area contributed by atoms with E-state index in [0.717, 1.165) is 55.3 Å². The maximum absolute atomic E-state index is 12.9. The fraction of sp³-hybridized carbons (Fsp3) is 0.350. The zero-order chi connectivity index (χ0) is 17.6. The molecule has 132 valence electrons. The van der Waals surface area contributed by atoms with Crippen molar-refractivity contribution < 1.29 is 13.8 Å². The molecular weight excluding hydrogens is 330 g/mol. The Morgan fingerprint density at radius 2 is 1.85 bits per heavy atom. The molecule has 1 amide bonds. The highest BCUT2D eigenvalue weighted by molar-refractivity contribution is 6.00. The van der Waals surface area contributed by atoms with Gasteiger partial charge in [-0.15, -0.1) is 0 Å². The molecule has 5 rings (SSSR count). The van der Waals surface area contributed by atoms with Crippen LogP contribution in [0.4, 0.5) is 5.88 Å². The molecule has 0 atom stereocenters. The first-order chi connectivity index (χ1) is 12.8. The Kier molecular flexibility index (Phi) is 3.45. The van der Waals surface area contributed by atoms with Gasteiger partial charge in [0.1, 0.15) is 0 Å². The summed E-state index contributed by atoms with van der Waals surface area (Å²) < 4.78 is 10.9. The normalized spacial score (nSPS) is 17.5. The van der Waals surface area contributed by atoms with Crippen molar-refractivity contribution in [1.29, 1.82) is 0 Å². The topological polar surface area (TPSA) is 81.2 Å². The van der Waals surface area contributed by atoms with Crippen LogP contribution in [0, 0.1) is 0 Å². The second-order valence-corrected chi connectivity index (χ2v) is 7.12. The van der Waals surface area contributed by atoms with Crippen molar-refractivity contribution in [2.45, 2.75) is 43.9 Å². The lowest BCUT2D eigenvalue weighted by Crippen LogP contribution is -2.28.